The molecule has 0 atom stereocenters. The molecule has 0 nitrogen and oxygen atoms in total. The zero-order chi connectivity index (χ0) is 13.5. The van der Waals surface area contributed by atoms with Gasteiger partial charge in [-0.05, 0) is 19.8 Å². The zero-order valence-electron chi connectivity index (χ0n) is 12.9. The molecule has 0 aromatic heterocycles. The quantitative estimate of drug-likeness (QED) is 0.454. The lowest BCUT2D eigenvalue weighted by Crippen LogP contribution is -1.43. The minimum Gasteiger partial charge on any atom is -0.103 e. The Labute approximate surface area is 100 Å². The van der Waals surface area contributed by atoms with Crippen molar-refractivity contribution >= 4 is 0 Å². The van der Waals surface area contributed by atoms with E-state index >= 15 is 0 Å². The summed E-state index contributed by atoms with van der Waals surface area (Å²) < 4.78 is 0. The largest absolute Gasteiger partial charge is 0.103 e. The lowest BCUT2D eigenvalue weighted by molar-refractivity contribution is 1.22. The molecule has 0 bridgehead atoms. The molecule has 96 valence electrons. The first-order valence-electron chi connectivity index (χ1n) is 6.55. The average molecular weight is 216 g/mol. The van der Waals surface area contributed by atoms with Crippen LogP contribution < -0.4 is 0 Å². The van der Waals surface area contributed by atoms with E-state index < -0.39 is 0 Å². The van der Waals surface area contributed by atoms with Crippen LogP contribution in [0.1, 0.15) is 75.2 Å². The van der Waals surface area contributed by atoms with Crippen molar-refractivity contribution in [2.24, 2.45) is 0 Å². The Morgan fingerprint density at radius 2 is 1.07 bits per heavy atom. The Hall–Kier alpha value is -0.520. The second kappa shape index (κ2) is 105. The first-order valence-corrected chi connectivity index (χ1v) is 6.55. The predicted octanol–water partition coefficient (Wildman–Crippen LogP) is 6.63. The first kappa shape index (κ1) is 29.3. The summed E-state index contributed by atoms with van der Waals surface area (Å²) in [5.41, 5.74) is 0. The molecule has 0 heteroatoms. The van der Waals surface area contributed by atoms with Crippen LogP contribution in [0.3, 0.4) is 0 Å². The van der Waals surface area contributed by atoms with E-state index in [2.05, 4.69) is 32.6 Å². The number of hydrogen-bond acceptors (Lipinski definition) is 0. The number of rotatable bonds is 2. The maximum absolute atomic E-state index is 3.48. The van der Waals surface area contributed by atoms with Gasteiger partial charge in [-0.15, -0.1) is 6.58 Å². The van der Waals surface area contributed by atoms with E-state index in [0.717, 1.165) is 12.8 Å². The van der Waals surface area contributed by atoms with Gasteiger partial charge in [0.25, 0.3) is 0 Å². The summed E-state index contributed by atoms with van der Waals surface area (Å²) in [6.45, 7) is 21.7. The van der Waals surface area contributed by atoms with Crippen LogP contribution in [0.25, 0.3) is 0 Å². The minimum atomic E-state index is 1.08. The molecule has 0 spiro atoms. The second-order valence-electron chi connectivity index (χ2n) is 1.67. The van der Waals surface area contributed by atoms with Crippen LogP contribution >= 0.6 is 0 Å². The fraction of sp³-hybridized carbons (Fsp3) is 0.733. The molecule has 0 rings (SSSR count). The lowest BCUT2D eigenvalue weighted by Gasteiger charge is -1.65. The van der Waals surface area contributed by atoms with Crippen molar-refractivity contribution in [2.45, 2.75) is 75.2 Å². The molecular formula is C15H36. The van der Waals surface area contributed by atoms with Crippen LogP contribution in [0.15, 0.2) is 24.8 Å². The van der Waals surface area contributed by atoms with E-state index in [9.17, 15) is 0 Å². The van der Waals surface area contributed by atoms with Crippen LogP contribution in [0.4, 0.5) is 0 Å². The van der Waals surface area contributed by atoms with Gasteiger partial charge in [0, 0.05) is 0 Å². The Balaban J connectivity index is -0.0000000301. The smallest absolute Gasteiger partial charge is 0.0379 e. The fourth-order valence-electron chi connectivity index (χ4n) is 0.236. The Kier molecular flexibility index (Phi) is 204. The minimum absolute atomic E-state index is 1.08. The third-order valence-corrected chi connectivity index (χ3v) is 0.760. The molecule has 15 heavy (non-hydrogen) atoms. The highest BCUT2D eigenvalue weighted by molar-refractivity contribution is 4.73. The van der Waals surface area contributed by atoms with Gasteiger partial charge in [0.15, 0.2) is 0 Å². The average Bonchev–Trinajstić information content (AvgIpc) is 2.38. The monoisotopic (exact) mass is 216 g/mol. The van der Waals surface area contributed by atoms with Crippen molar-refractivity contribution in [1.29, 1.82) is 0 Å². The van der Waals surface area contributed by atoms with E-state index in [1.807, 2.05) is 54.5 Å². The molecule has 0 heterocycles. The molecule has 0 aromatic carbocycles. The van der Waals surface area contributed by atoms with E-state index in [1.54, 1.807) is 0 Å². The summed E-state index contributed by atoms with van der Waals surface area (Å²) in [6.07, 6.45) is 8.30. The Bertz CT molecular complexity index is 60.4. The van der Waals surface area contributed by atoms with E-state index in [4.69, 9.17) is 0 Å². The van der Waals surface area contributed by atoms with Gasteiger partial charge in [-0.1, -0.05) is 73.6 Å². The van der Waals surface area contributed by atoms with Crippen molar-refractivity contribution in [3.8, 4) is 0 Å². The van der Waals surface area contributed by atoms with Crippen molar-refractivity contribution < 1.29 is 0 Å². The molecule has 0 amide bonds. The number of hydrogen-bond donors (Lipinski definition) is 0. The Morgan fingerprint density at radius 3 is 1.07 bits per heavy atom. The Morgan fingerprint density at radius 1 is 0.800 bits per heavy atom. The highest BCUT2D eigenvalue weighted by Crippen LogP contribution is 1.73. The molecular weight excluding hydrogens is 180 g/mol. The van der Waals surface area contributed by atoms with E-state index in [0.29, 0.717) is 0 Å². The van der Waals surface area contributed by atoms with Crippen molar-refractivity contribution in [1.82, 2.24) is 0 Å². The lowest BCUT2D eigenvalue weighted by atomic mass is 10.4. The van der Waals surface area contributed by atoms with Crippen LogP contribution in [-0.4, -0.2) is 0 Å². The summed E-state index contributed by atoms with van der Waals surface area (Å²) in [5.74, 6) is 0. The van der Waals surface area contributed by atoms with Crippen molar-refractivity contribution in [3.05, 3.63) is 24.8 Å². The highest BCUT2D eigenvalue weighted by Gasteiger charge is 1.52. The first-order chi connectivity index (χ1) is 7.33. The summed E-state index contributed by atoms with van der Waals surface area (Å²) in [4.78, 5) is 0. The van der Waals surface area contributed by atoms with Crippen molar-refractivity contribution in [2.75, 3.05) is 0 Å². The molecule has 0 aliphatic rings. The van der Waals surface area contributed by atoms with Crippen molar-refractivity contribution in [3.63, 3.8) is 0 Å². The molecule has 0 aliphatic carbocycles. The van der Waals surface area contributed by atoms with Gasteiger partial charge in [0.05, 0.1) is 0 Å². The van der Waals surface area contributed by atoms with Crippen LogP contribution in [-0.2, 0) is 0 Å². The van der Waals surface area contributed by atoms with Gasteiger partial charge in [-0.3, -0.25) is 0 Å². The summed E-state index contributed by atoms with van der Waals surface area (Å²) in [6, 6.07) is 0. The molecule has 0 aromatic rings. The molecule has 0 saturated heterocycles. The van der Waals surface area contributed by atoms with Gasteiger partial charge < -0.3 is 0 Å². The topological polar surface area (TPSA) is 0 Å². The van der Waals surface area contributed by atoms with Gasteiger partial charge >= 0.3 is 0 Å². The summed E-state index contributed by atoms with van der Waals surface area (Å²) >= 11 is 0. The predicted molar refractivity (Wildman–Crippen MR) is 79.6 cm³/mol. The molecule has 0 radical (unpaired) electrons. The van der Waals surface area contributed by atoms with Gasteiger partial charge in [0.2, 0.25) is 0 Å². The molecule has 0 saturated carbocycles. The third-order valence-electron chi connectivity index (χ3n) is 0.760. The SMILES string of the molecule is C/C=C\CC.C=CCC.CC.CC.CC. The maximum atomic E-state index is 3.48. The zero-order valence-corrected chi connectivity index (χ0v) is 12.9. The standard InChI is InChI=1S/C5H10.C4H8.3C2H6/c1-3-5-4-2;1-3-4-2;3*1-2/h3,5H,4H2,1-2H3;3H,1,4H2,2H3;3*1-2H3/b5-3-;;;;. The van der Waals surface area contributed by atoms with Crippen LogP contribution in [0.5, 0.6) is 0 Å². The fourth-order valence-corrected chi connectivity index (χ4v) is 0.236. The normalized spacial score (nSPS) is 6.20. The molecule has 0 aliphatic heterocycles. The highest BCUT2D eigenvalue weighted by atomic mass is 13.6. The van der Waals surface area contributed by atoms with E-state index in [1.165, 1.54) is 0 Å². The van der Waals surface area contributed by atoms with Gasteiger partial charge in [-0.2, -0.15) is 0 Å². The summed E-state index contributed by atoms with van der Waals surface area (Å²) in [5, 5.41) is 0. The van der Waals surface area contributed by atoms with Gasteiger partial charge in [-0.25, -0.2) is 0 Å². The molecule has 0 fully saturated rings. The van der Waals surface area contributed by atoms with Crippen LogP contribution in [0.2, 0.25) is 0 Å². The van der Waals surface area contributed by atoms with E-state index in [-0.39, 0.29) is 0 Å². The van der Waals surface area contributed by atoms with Crippen LogP contribution in [0, 0.1) is 0 Å². The van der Waals surface area contributed by atoms with Gasteiger partial charge in [0.1, 0.15) is 0 Å². The number of allylic oxidation sites excluding steroid dienone is 3. The molecule has 0 unspecified atom stereocenters. The third kappa shape index (κ3) is 289. The summed E-state index contributed by atoms with van der Waals surface area (Å²) in [7, 11) is 0. The maximum Gasteiger partial charge on any atom is -0.0379 e. The second-order valence-corrected chi connectivity index (χ2v) is 1.67. The molecule has 0 N–H and O–H groups in total.